The van der Waals surface area contributed by atoms with E-state index in [0.717, 1.165) is 18.5 Å². The predicted molar refractivity (Wildman–Crippen MR) is 104 cm³/mol. The van der Waals surface area contributed by atoms with Gasteiger partial charge in [0.2, 0.25) is 5.91 Å². The minimum Gasteiger partial charge on any atom is -0.493 e. The van der Waals surface area contributed by atoms with Crippen LogP contribution in [0.4, 0.5) is 0 Å². The average molecular weight is 375 g/mol. The Morgan fingerprint density at radius 1 is 1.31 bits per heavy atom. The number of methoxy groups -OCH3 is 2. The minimum absolute atomic E-state index is 0.111. The number of likely N-dealkylation sites (N-methyl/N-ethyl adjacent to an activating group) is 1. The monoisotopic (exact) mass is 374 g/mol. The zero-order chi connectivity index (χ0) is 18.7. The molecule has 0 saturated carbocycles. The average Bonchev–Trinajstić information content (AvgIpc) is 3.13. The first-order valence-corrected chi connectivity index (χ1v) is 9.67. The number of fused-ring (bicyclic) bond motifs is 1. The van der Waals surface area contributed by atoms with E-state index in [-0.39, 0.29) is 11.9 Å². The molecule has 1 amide bonds. The number of thiophene rings is 1. The zero-order valence-electron chi connectivity index (χ0n) is 15.8. The normalized spacial score (nSPS) is 16.8. The summed E-state index contributed by atoms with van der Waals surface area (Å²) in [5.74, 6) is 1.48. The van der Waals surface area contributed by atoms with E-state index in [4.69, 9.17) is 9.47 Å². The number of carbonyl (C=O) groups excluding carboxylic acids is 1. The van der Waals surface area contributed by atoms with Crippen LogP contribution >= 0.6 is 11.3 Å². The van der Waals surface area contributed by atoms with Crippen LogP contribution in [0.5, 0.6) is 11.5 Å². The summed E-state index contributed by atoms with van der Waals surface area (Å²) in [6, 6.07) is 8.21. The molecule has 0 saturated heterocycles. The van der Waals surface area contributed by atoms with Crippen LogP contribution in [0.25, 0.3) is 0 Å². The number of para-hydroxylation sites is 1. The lowest BCUT2D eigenvalue weighted by Crippen LogP contribution is -2.42. The number of hydrogen-bond donors (Lipinski definition) is 0. The van der Waals surface area contributed by atoms with Crippen LogP contribution in [0.15, 0.2) is 29.6 Å². The molecule has 1 aromatic carbocycles. The quantitative estimate of drug-likeness (QED) is 0.778. The third-order valence-corrected chi connectivity index (χ3v) is 6.06. The molecule has 0 bridgehead atoms. The van der Waals surface area contributed by atoms with Crippen molar-refractivity contribution in [2.24, 2.45) is 0 Å². The van der Waals surface area contributed by atoms with Gasteiger partial charge >= 0.3 is 0 Å². The minimum atomic E-state index is 0.111. The van der Waals surface area contributed by atoms with Crippen molar-refractivity contribution in [3.8, 4) is 11.5 Å². The van der Waals surface area contributed by atoms with Gasteiger partial charge in [0.05, 0.1) is 20.8 Å². The Morgan fingerprint density at radius 3 is 2.85 bits per heavy atom. The molecule has 1 atom stereocenters. The summed E-state index contributed by atoms with van der Waals surface area (Å²) in [5, 5.41) is 2.15. The second-order valence-electron chi connectivity index (χ2n) is 6.60. The molecule has 0 aliphatic carbocycles. The molecule has 0 unspecified atom stereocenters. The number of amides is 1. The Morgan fingerprint density at radius 2 is 2.12 bits per heavy atom. The highest BCUT2D eigenvalue weighted by molar-refractivity contribution is 7.10. The number of carbonyl (C=O) groups is 1. The van der Waals surface area contributed by atoms with Gasteiger partial charge in [-0.15, -0.1) is 11.3 Å². The van der Waals surface area contributed by atoms with Crippen LogP contribution < -0.4 is 9.47 Å². The Labute approximate surface area is 159 Å². The smallest absolute Gasteiger partial charge is 0.236 e. The Kier molecular flexibility index (Phi) is 5.84. The fraction of sp³-hybridized carbons (Fsp3) is 0.450. The first-order valence-electron chi connectivity index (χ1n) is 8.79. The van der Waals surface area contributed by atoms with Gasteiger partial charge in [-0.1, -0.05) is 12.1 Å². The highest BCUT2D eigenvalue weighted by Gasteiger charge is 2.27. The highest BCUT2D eigenvalue weighted by Crippen LogP contribution is 2.33. The molecule has 0 spiro atoms. The Hall–Kier alpha value is -2.05. The molecule has 2 aromatic rings. The lowest BCUT2D eigenvalue weighted by atomic mass is 10.0. The molecule has 0 radical (unpaired) electrons. The fourth-order valence-electron chi connectivity index (χ4n) is 3.49. The summed E-state index contributed by atoms with van der Waals surface area (Å²) in [6.07, 6.45) is 1.03. The molecule has 1 aromatic heterocycles. The van der Waals surface area contributed by atoms with Gasteiger partial charge in [0.25, 0.3) is 0 Å². The van der Waals surface area contributed by atoms with Gasteiger partial charge in [-0.2, -0.15) is 0 Å². The van der Waals surface area contributed by atoms with Crippen LogP contribution in [0.3, 0.4) is 0 Å². The summed E-state index contributed by atoms with van der Waals surface area (Å²) in [7, 11) is 5.08. The van der Waals surface area contributed by atoms with E-state index in [1.807, 2.05) is 36.6 Å². The van der Waals surface area contributed by atoms with E-state index in [1.165, 1.54) is 10.4 Å². The molecule has 0 fully saturated rings. The SMILES string of the molecule is COc1cccc(CN(C)C(=O)CN2CCc3sccc3[C@@H]2C)c1OC. The van der Waals surface area contributed by atoms with Gasteiger partial charge in [0, 0.05) is 36.6 Å². The molecule has 0 N–H and O–H groups in total. The van der Waals surface area contributed by atoms with Gasteiger partial charge in [-0.3, -0.25) is 9.69 Å². The largest absolute Gasteiger partial charge is 0.493 e. The topological polar surface area (TPSA) is 42.0 Å². The maximum atomic E-state index is 12.8. The van der Waals surface area contributed by atoms with E-state index >= 15 is 0 Å². The highest BCUT2D eigenvalue weighted by atomic mass is 32.1. The summed E-state index contributed by atoms with van der Waals surface area (Å²) in [5.41, 5.74) is 2.31. The van der Waals surface area contributed by atoms with Crippen molar-refractivity contribution in [3.63, 3.8) is 0 Å². The zero-order valence-corrected chi connectivity index (χ0v) is 16.6. The second-order valence-corrected chi connectivity index (χ2v) is 7.60. The van der Waals surface area contributed by atoms with E-state index in [9.17, 15) is 4.79 Å². The Balaban J connectivity index is 1.66. The first kappa shape index (κ1) is 18.7. The summed E-state index contributed by atoms with van der Waals surface area (Å²) in [4.78, 5) is 18.3. The van der Waals surface area contributed by atoms with E-state index in [2.05, 4.69) is 23.3 Å². The molecular weight excluding hydrogens is 348 g/mol. The number of benzene rings is 1. The lowest BCUT2D eigenvalue weighted by molar-refractivity contribution is -0.132. The van der Waals surface area contributed by atoms with Gasteiger partial charge in [-0.25, -0.2) is 0 Å². The molecule has 1 aliphatic heterocycles. The van der Waals surface area contributed by atoms with Gasteiger partial charge in [0.15, 0.2) is 11.5 Å². The maximum Gasteiger partial charge on any atom is 0.236 e. The summed E-state index contributed by atoms with van der Waals surface area (Å²) < 4.78 is 10.8. The molecule has 3 rings (SSSR count). The fourth-order valence-corrected chi connectivity index (χ4v) is 4.46. The van der Waals surface area contributed by atoms with E-state index < -0.39 is 0 Å². The predicted octanol–water partition coefficient (Wildman–Crippen LogP) is 3.34. The third-order valence-electron chi connectivity index (χ3n) is 5.06. The van der Waals surface area contributed by atoms with Crippen molar-refractivity contribution < 1.29 is 14.3 Å². The first-order chi connectivity index (χ1) is 12.5. The Bertz CT molecular complexity index is 774. The number of ether oxygens (including phenoxy) is 2. The number of rotatable bonds is 6. The molecule has 2 heterocycles. The van der Waals surface area contributed by atoms with E-state index in [0.29, 0.717) is 24.6 Å². The van der Waals surface area contributed by atoms with E-state index in [1.54, 1.807) is 19.1 Å². The van der Waals surface area contributed by atoms with Crippen molar-refractivity contribution in [1.82, 2.24) is 9.80 Å². The van der Waals surface area contributed by atoms with Crippen LogP contribution in [-0.4, -0.2) is 50.1 Å². The summed E-state index contributed by atoms with van der Waals surface area (Å²) >= 11 is 1.82. The van der Waals surface area contributed by atoms with Crippen LogP contribution in [0.2, 0.25) is 0 Å². The van der Waals surface area contributed by atoms with Crippen molar-refractivity contribution in [2.75, 3.05) is 34.4 Å². The number of hydrogen-bond acceptors (Lipinski definition) is 5. The molecule has 1 aliphatic rings. The van der Waals surface area contributed by atoms with Crippen molar-refractivity contribution in [1.29, 1.82) is 0 Å². The molecule has 5 nitrogen and oxygen atoms in total. The summed E-state index contributed by atoms with van der Waals surface area (Å²) in [6.45, 7) is 4.03. The van der Waals surface area contributed by atoms with Crippen molar-refractivity contribution >= 4 is 17.2 Å². The van der Waals surface area contributed by atoms with Crippen molar-refractivity contribution in [2.45, 2.75) is 25.9 Å². The molecule has 26 heavy (non-hydrogen) atoms. The molecular formula is C20H26N2O3S. The van der Waals surface area contributed by atoms with Crippen LogP contribution in [0, 0.1) is 0 Å². The van der Waals surface area contributed by atoms with Gasteiger partial charge < -0.3 is 14.4 Å². The number of nitrogens with zero attached hydrogens (tertiary/aromatic N) is 2. The third kappa shape index (κ3) is 3.71. The lowest BCUT2D eigenvalue weighted by Gasteiger charge is -2.34. The van der Waals surface area contributed by atoms with Gasteiger partial charge in [0.1, 0.15) is 0 Å². The van der Waals surface area contributed by atoms with Gasteiger partial charge in [-0.05, 0) is 36.4 Å². The van der Waals surface area contributed by atoms with Crippen LogP contribution in [0.1, 0.15) is 29.0 Å². The standard InChI is InChI=1S/C20H26N2O3S/c1-14-16-9-11-26-18(16)8-10-22(14)13-19(23)21(2)12-15-6-5-7-17(24-3)20(15)25-4/h5-7,9,11,14H,8,10,12-13H2,1-4H3/t14-/m0/s1. The van der Waals surface area contributed by atoms with Crippen LogP contribution in [-0.2, 0) is 17.8 Å². The molecule has 140 valence electrons. The maximum absolute atomic E-state index is 12.8. The second kappa shape index (κ2) is 8.10. The van der Waals surface area contributed by atoms with Crippen molar-refractivity contribution in [3.05, 3.63) is 45.6 Å². The molecule has 6 heteroatoms.